The molecule has 0 saturated heterocycles. The molecule has 1 aromatic carbocycles. The summed E-state index contributed by atoms with van der Waals surface area (Å²) in [6, 6.07) is 7.43. The lowest BCUT2D eigenvalue weighted by atomic mass is 9.94. The third-order valence-electron chi connectivity index (χ3n) is 3.21. The summed E-state index contributed by atoms with van der Waals surface area (Å²) in [6.07, 6.45) is 0. The summed E-state index contributed by atoms with van der Waals surface area (Å²) in [5.41, 5.74) is 2.00. The van der Waals surface area contributed by atoms with Crippen LogP contribution >= 0.6 is 0 Å². The van der Waals surface area contributed by atoms with Gasteiger partial charge in [-0.15, -0.1) is 0 Å². The lowest BCUT2D eigenvalue weighted by molar-refractivity contribution is -0.142. The van der Waals surface area contributed by atoms with Crippen LogP contribution in [0.4, 0.5) is 0 Å². The molecule has 0 bridgehead atoms. The Morgan fingerprint density at radius 1 is 1.18 bits per heavy atom. The molecular formula is C14H16O3. The lowest BCUT2D eigenvalue weighted by Gasteiger charge is -2.18. The van der Waals surface area contributed by atoms with Gasteiger partial charge >= 0.3 is 5.97 Å². The minimum Gasteiger partial charge on any atom is -0.497 e. The van der Waals surface area contributed by atoms with Gasteiger partial charge < -0.3 is 9.47 Å². The Balaban J connectivity index is 2.45. The molecule has 0 fully saturated rings. The van der Waals surface area contributed by atoms with Crippen molar-refractivity contribution in [2.24, 2.45) is 0 Å². The summed E-state index contributed by atoms with van der Waals surface area (Å²) in [4.78, 5) is 11.8. The van der Waals surface area contributed by atoms with Crippen LogP contribution in [0.1, 0.15) is 26.3 Å². The Bertz CT molecular complexity index is 481. The minimum absolute atomic E-state index is 0.252. The average molecular weight is 232 g/mol. The first-order valence-electron chi connectivity index (χ1n) is 5.55. The summed E-state index contributed by atoms with van der Waals surface area (Å²) < 4.78 is 10.4. The molecular weight excluding hydrogens is 216 g/mol. The molecule has 90 valence electrons. The summed E-state index contributed by atoms with van der Waals surface area (Å²) >= 11 is 0. The van der Waals surface area contributed by atoms with Gasteiger partial charge in [-0.3, -0.25) is 0 Å². The van der Waals surface area contributed by atoms with E-state index in [-0.39, 0.29) is 5.97 Å². The van der Waals surface area contributed by atoms with Gasteiger partial charge in [0.15, 0.2) is 0 Å². The van der Waals surface area contributed by atoms with E-state index >= 15 is 0 Å². The van der Waals surface area contributed by atoms with Crippen LogP contribution in [-0.2, 0) is 9.53 Å². The van der Waals surface area contributed by atoms with E-state index in [0.717, 1.165) is 16.9 Å². The van der Waals surface area contributed by atoms with E-state index in [0.29, 0.717) is 5.57 Å². The lowest BCUT2D eigenvalue weighted by Crippen LogP contribution is -2.21. The van der Waals surface area contributed by atoms with E-state index in [1.165, 1.54) is 0 Å². The maximum absolute atomic E-state index is 11.8. The molecule has 3 nitrogen and oxygen atoms in total. The predicted molar refractivity (Wildman–Crippen MR) is 65.8 cm³/mol. The quantitative estimate of drug-likeness (QED) is 0.735. The molecule has 0 saturated carbocycles. The highest BCUT2D eigenvalue weighted by molar-refractivity contribution is 6.20. The molecule has 1 heterocycles. The molecule has 0 amide bonds. The number of hydrogen-bond acceptors (Lipinski definition) is 3. The van der Waals surface area contributed by atoms with Crippen molar-refractivity contribution in [1.29, 1.82) is 0 Å². The molecule has 0 aromatic heterocycles. The van der Waals surface area contributed by atoms with Gasteiger partial charge in [0.2, 0.25) is 0 Å². The van der Waals surface area contributed by atoms with Gasteiger partial charge in [-0.25, -0.2) is 4.79 Å². The first-order chi connectivity index (χ1) is 7.95. The van der Waals surface area contributed by atoms with Crippen molar-refractivity contribution in [2.75, 3.05) is 7.11 Å². The van der Waals surface area contributed by atoms with Crippen LogP contribution in [0.15, 0.2) is 29.8 Å². The number of ether oxygens (including phenoxy) is 2. The zero-order valence-corrected chi connectivity index (χ0v) is 10.5. The van der Waals surface area contributed by atoms with Gasteiger partial charge in [-0.2, -0.15) is 0 Å². The van der Waals surface area contributed by atoms with Crippen molar-refractivity contribution in [2.45, 2.75) is 26.4 Å². The third kappa shape index (κ3) is 1.93. The number of benzene rings is 1. The summed E-state index contributed by atoms with van der Waals surface area (Å²) in [5.74, 6) is 0.523. The molecule has 2 rings (SSSR count). The highest BCUT2D eigenvalue weighted by Crippen LogP contribution is 2.37. The van der Waals surface area contributed by atoms with Gasteiger partial charge in [-0.1, -0.05) is 12.1 Å². The number of carbonyl (C=O) groups is 1. The summed E-state index contributed by atoms with van der Waals surface area (Å²) in [5, 5.41) is 0. The van der Waals surface area contributed by atoms with E-state index < -0.39 is 5.60 Å². The van der Waals surface area contributed by atoms with Gasteiger partial charge in [0.1, 0.15) is 11.4 Å². The van der Waals surface area contributed by atoms with Gasteiger partial charge in [-0.05, 0) is 44.0 Å². The molecule has 17 heavy (non-hydrogen) atoms. The number of cyclic esters (lactones) is 1. The Labute approximate surface area is 101 Å². The van der Waals surface area contributed by atoms with Crippen LogP contribution in [0.25, 0.3) is 5.57 Å². The van der Waals surface area contributed by atoms with Crippen molar-refractivity contribution in [3.05, 3.63) is 35.4 Å². The fourth-order valence-electron chi connectivity index (χ4n) is 1.91. The van der Waals surface area contributed by atoms with E-state index in [9.17, 15) is 4.79 Å². The maximum atomic E-state index is 11.8. The first-order valence-corrected chi connectivity index (χ1v) is 5.55. The van der Waals surface area contributed by atoms with E-state index in [1.54, 1.807) is 7.11 Å². The van der Waals surface area contributed by atoms with E-state index in [4.69, 9.17) is 9.47 Å². The highest BCUT2D eigenvalue weighted by Gasteiger charge is 2.38. The zero-order valence-electron chi connectivity index (χ0n) is 10.5. The molecule has 0 radical (unpaired) electrons. The van der Waals surface area contributed by atoms with Crippen LogP contribution in [0, 0.1) is 0 Å². The van der Waals surface area contributed by atoms with Crippen LogP contribution in [0.2, 0.25) is 0 Å². The maximum Gasteiger partial charge on any atom is 0.339 e. The summed E-state index contributed by atoms with van der Waals surface area (Å²) in [7, 11) is 1.62. The fraction of sp³-hybridized carbons (Fsp3) is 0.357. The zero-order chi connectivity index (χ0) is 12.6. The second-order valence-electron chi connectivity index (χ2n) is 4.63. The van der Waals surface area contributed by atoms with E-state index in [2.05, 4.69) is 0 Å². The topological polar surface area (TPSA) is 35.5 Å². The first kappa shape index (κ1) is 11.7. The minimum atomic E-state index is -0.508. The van der Waals surface area contributed by atoms with Crippen molar-refractivity contribution >= 4 is 11.5 Å². The van der Waals surface area contributed by atoms with Crippen LogP contribution < -0.4 is 4.74 Å². The number of carbonyl (C=O) groups excluding carboxylic acids is 1. The normalized spacial score (nSPS) is 18.2. The molecule has 1 aromatic rings. The average Bonchev–Trinajstić information content (AvgIpc) is 2.49. The molecule has 0 aliphatic carbocycles. The standard InChI is InChI=1S/C14H16O3/c1-9-12(13(15)17-14(9,2)3)10-5-7-11(16-4)8-6-10/h5-8H,1-4H3. The van der Waals surface area contributed by atoms with Gasteiger partial charge in [0.05, 0.1) is 12.7 Å². The second-order valence-corrected chi connectivity index (χ2v) is 4.63. The van der Waals surface area contributed by atoms with Crippen LogP contribution in [0.3, 0.4) is 0 Å². The van der Waals surface area contributed by atoms with Gasteiger partial charge in [0, 0.05) is 0 Å². The Kier molecular flexibility index (Phi) is 2.69. The van der Waals surface area contributed by atoms with Crippen LogP contribution in [-0.4, -0.2) is 18.7 Å². The molecule has 0 N–H and O–H groups in total. The summed E-state index contributed by atoms with van der Waals surface area (Å²) in [6.45, 7) is 5.73. The van der Waals surface area contributed by atoms with Crippen molar-refractivity contribution < 1.29 is 14.3 Å². The molecule has 1 aliphatic rings. The number of methoxy groups -OCH3 is 1. The van der Waals surface area contributed by atoms with E-state index in [1.807, 2.05) is 45.0 Å². The number of esters is 1. The Hall–Kier alpha value is -1.77. The number of rotatable bonds is 2. The fourth-order valence-corrected chi connectivity index (χ4v) is 1.91. The molecule has 0 spiro atoms. The molecule has 0 unspecified atom stereocenters. The second kappa shape index (κ2) is 3.91. The van der Waals surface area contributed by atoms with Crippen molar-refractivity contribution in [3.63, 3.8) is 0 Å². The third-order valence-corrected chi connectivity index (χ3v) is 3.21. The predicted octanol–water partition coefficient (Wildman–Crippen LogP) is 2.80. The Morgan fingerprint density at radius 2 is 1.76 bits per heavy atom. The molecule has 1 aliphatic heterocycles. The molecule has 0 atom stereocenters. The number of hydrogen-bond donors (Lipinski definition) is 0. The Morgan fingerprint density at radius 3 is 2.18 bits per heavy atom. The molecule has 3 heteroatoms. The van der Waals surface area contributed by atoms with Gasteiger partial charge in [0.25, 0.3) is 0 Å². The van der Waals surface area contributed by atoms with Crippen molar-refractivity contribution in [3.8, 4) is 5.75 Å². The highest BCUT2D eigenvalue weighted by atomic mass is 16.6. The monoisotopic (exact) mass is 232 g/mol. The largest absolute Gasteiger partial charge is 0.497 e. The SMILES string of the molecule is COc1ccc(C2=C(C)C(C)(C)OC2=O)cc1. The van der Waals surface area contributed by atoms with Crippen molar-refractivity contribution in [1.82, 2.24) is 0 Å². The smallest absolute Gasteiger partial charge is 0.339 e. The van der Waals surface area contributed by atoms with Crippen LogP contribution in [0.5, 0.6) is 5.75 Å².